The Morgan fingerprint density at radius 2 is 1.49 bits per heavy atom. The van der Waals surface area contributed by atoms with Gasteiger partial charge >= 0.3 is 12.1 Å². The Morgan fingerprint density at radius 1 is 0.914 bits per heavy atom. The second kappa shape index (κ2) is 10.4. The van der Waals surface area contributed by atoms with E-state index in [0.29, 0.717) is 0 Å². The lowest BCUT2D eigenvalue weighted by Crippen LogP contribution is -2.47. The fraction of sp³-hybridized carbons (Fsp3) is 0.222. The Morgan fingerprint density at radius 3 is 2.03 bits per heavy atom. The van der Waals surface area contributed by atoms with Gasteiger partial charge in [-0.2, -0.15) is 0 Å². The van der Waals surface area contributed by atoms with E-state index in [1.807, 2.05) is 24.3 Å². The highest BCUT2D eigenvalue weighted by atomic mass is 16.5. The van der Waals surface area contributed by atoms with E-state index >= 15 is 0 Å². The maximum atomic E-state index is 12.3. The van der Waals surface area contributed by atoms with Crippen molar-refractivity contribution >= 4 is 18.0 Å². The molecule has 3 aromatic rings. The minimum atomic E-state index is -1.41. The van der Waals surface area contributed by atoms with Gasteiger partial charge in [-0.1, -0.05) is 60.7 Å². The first-order chi connectivity index (χ1) is 16.8. The molecular formula is C27H26N2O6. The summed E-state index contributed by atoms with van der Waals surface area (Å²) in [5.74, 6) is -1.96. The Kier molecular flexibility index (Phi) is 7.12. The predicted octanol–water partition coefficient (Wildman–Crippen LogP) is 3.29. The van der Waals surface area contributed by atoms with Crippen molar-refractivity contribution in [1.82, 2.24) is 10.6 Å². The van der Waals surface area contributed by atoms with Gasteiger partial charge in [0, 0.05) is 18.0 Å². The summed E-state index contributed by atoms with van der Waals surface area (Å²) in [4.78, 5) is 35.7. The van der Waals surface area contributed by atoms with Gasteiger partial charge in [-0.25, -0.2) is 9.59 Å². The Labute approximate surface area is 202 Å². The number of carboxylic acids is 1. The fourth-order valence-electron chi connectivity index (χ4n) is 4.21. The maximum absolute atomic E-state index is 12.3. The number of nitrogens with one attached hydrogen (secondary N) is 2. The summed E-state index contributed by atoms with van der Waals surface area (Å²) >= 11 is 0. The lowest BCUT2D eigenvalue weighted by atomic mass is 9.98. The zero-order valence-corrected chi connectivity index (χ0v) is 19.1. The number of aliphatic hydroxyl groups excluding tert-OH is 1. The number of carbonyl (C=O) groups excluding carboxylic acids is 2. The summed E-state index contributed by atoms with van der Waals surface area (Å²) < 4.78 is 5.52. The molecule has 8 heteroatoms. The molecule has 0 bridgehead atoms. The van der Waals surface area contributed by atoms with E-state index in [2.05, 4.69) is 34.9 Å². The van der Waals surface area contributed by atoms with E-state index in [0.717, 1.165) is 27.8 Å². The molecular weight excluding hydrogens is 448 g/mol. The molecule has 4 N–H and O–H groups in total. The molecule has 0 radical (unpaired) electrons. The van der Waals surface area contributed by atoms with Crippen LogP contribution in [0.15, 0.2) is 72.8 Å². The van der Waals surface area contributed by atoms with Gasteiger partial charge in [-0.05, 0) is 46.9 Å². The molecule has 1 aliphatic rings. The summed E-state index contributed by atoms with van der Waals surface area (Å²) in [5.41, 5.74) is 5.56. The second-order valence-electron chi connectivity index (χ2n) is 8.41. The van der Waals surface area contributed by atoms with Crippen LogP contribution < -0.4 is 10.6 Å². The van der Waals surface area contributed by atoms with Gasteiger partial charge in [0.1, 0.15) is 6.61 Å². The third-order valence-electron chi connectivity index (χ3n) is 6.03. The van der Waals surface area contributed by atoms with Crippen molar-refractivity contribution in [3.05, 3.63) is 95.1 Å². The number of aliphatic carboxylic acids is 1. The molecule has 0 saturated carbocycles. The highest BCUT2D eigenvalue weighted by molar-refractivity contribution is 5.96. The van der Waals surface area contributed by atoms with Gasteiger partial charge in [-0.3, -0.25) is 4.79 Å². The summed E-state index contributed by atoms with van der Waals surface area (Å²) in [6, 6.07) is 21.1. The number of amides is 2. The Hall–Kier alpha value is -4.17. The number of benzene rings is 3. The van der Waals surface area contributed by atoms with Crippen molar-refractivity contribution in [2.24, 2.45) is 0 Å². The molecule has 0 spiro atoms. The Balaban J connectivity index is 1.30. The topological polar surface area (TPSA) is 125 Å². The van der Waals surface area contributed by atoms with Crippen molar-refractivity contribution in [2.45, 2.75) is 31.5 Å². The Bertz CT molecular complexity index is 1190. The number of aliphatic hydroxyl groups is 1. The quantitative estimate of drug-likeness (QED) is 0.397. The summed E-state index contributed by atoms with van der Waals surface area (Å²) in [6.07, 6.45) is -1.79. The van der Waals surface area contributed by atoms with E-state index in [9.17, 15) is 19.5 Å². The van der Waals surface area contributed by atoms with E-state index < -0.39 is 30.1 Å². The van der Waals surface area contributed by atoms with Crippen LogP contribution in [0.1, 0.15) is 39.9 Å². The second-order valence-corrected chi connectivity index (χ2v) is 8.41. The van der Waals surface area contributed by atoms with Crippen molar-refractivity contribution in [3.8, 4) is 11.1 Å². The highest BCUT2D eigenvalue weighted by Gasteiger charge is 2.29. The third kappa shape index (κ3) is 5.33. The lowest BCUT2D eigenvalue weighted by Gasteiger charge is -2.17. The van der Waals surface area contributed by atoms with E-state index in [-0.39, 0.29) is 24.6 Å². The van der Waals surface area contributed by atoms with Crippen LogP contribution in [0.4, 0.5) is 4.79 Å². The van der Waals surface area contributed by atoms with E-state index in [1.54, 1.807) is 12.1 Å². The number of hydrogen-bond acceptors (Lipinski definition) is 5. The van der Waals surface area contributed by atoms with Gasteiger partial charge in [-0.15, -0.1) is 0 Å². The number of alkyl carbamates (subject to hydrolysis) is 1. The van der Waals surface area contributed by atoms with Gasteiger partial charge in [0.25, 0.3) is 5.91 Å². The van der Waals surface area contributed by atoms with Crippen molar-refractivity contribution in [3.63, 3.8) is 0 Å². The molecule has 180 valence electrons. The average Bonchev–Trinajstić information content (AvgIpc) is 3.18. The maximum Gasteiger partial charge on any atom is 0.407 e. The van der Waals surface area contributed by atoms with Crippen LogP contribution in [0, 0.1) is 0 Å². The number of rotatable bonds is 8. The monoisotopic (exact) mass is 474 g/mol. The molecule has 8 nitrogen and oxygen atoms in total. The number of fused-ring (bicyclic) bond motifs is 3. The van der Waals surface area contributed by atoms with E-state index in [1.165, 1.54) is 19.1 Å². The first-order valence-electron chi connectivity index (χ1n) is 11.2. The van der Waals surface area contributed by atoms with Crippen LogP contribution in [-0.2, 0) is 16.1 Å². The molecule has 35 heavy (non-hydrogen) atoms. The van der Waals surface area contributed by atoms with Gasteiger partial charge in [0.05, 0.1) is 6.10 Å². The van der Waals surface area contributed by atoms with Crippen molar-refractivity contribution in [1.29, 1.82) is 0 Å². The summed E-state index contributed by atoms with van der Waals surface area (Å²) in [7, 11) is 0. The summed E-state index contributed by atoms with van der Waals surface area (Å²) in [5, 5.41) is 23.6. The van der Waals surface area contributed by atoms with Crippen molar-refractivity contribution < 1.29 is 29.3 Å². The standard InChI is InChI=1S/C27H26N2O6/c1-16(30)24(26(32)33)29-25(31)18-12-10-17(11-13-18)14-28-27(34)35-15-23-21-8-4-2-6-19(21)20-7-3-5-9-22(20)23/h2-13,16,23-24,30H,14-15H2,1H3,(H,28,34)(H,29,31)(H,32,33). The smallest absolute Gasteiger partial charge is 0.407 e. The zero-order valence-electron chi connectivity index (χ0n) is 19.1. The molecule has 0 aromatic heterocycles. The molecule has 4 rings (SSSR count). The number of ether oxygens (including phenoxy) is 1. The van der Waals surface area contributed by atoms with Crippen molar-refractivity contribution in [2.75, 3.05) is 6.61 Å². The van der Waals surface area contributed by atoms with Crippen LogP contribution in [0.25, 0.3) is 11.1 Å². The minimum absolute atomic E-state index is 0.0257. The number of carbonyl (C=O) groups is 3. The molecule has 0 saturated heterocycles. The first-order valence-corrected chi connectivity index (χ1v) is 11.2. The molecule has 0 fully saturated rings. The third-order valence-corrected chi connectivity index (χ3v) is 6.03. The van der Waals surface area contributed by atoms with Crippen LogP contribution in [0.5, 0.6) is 0 Å². The molecule has 0 aliphatic heterocycles. The predicted molar refractivity (Wildman–Crippen MR) is 129 cm³/mol. The van der Waals surface area contributed by atoms with Gasteiger partial charge < -0.3 is 25.6 Å². The van der Waals surface area contributed by atoms with Gasteiger partial charge in [0.15, 0.2) is 6.04 Å². The van der Waals surface area contributed by atoms with Crippen LogP contribution in [0.3, 0.4) is 0 Å². The average molecular weight is 475 g/mol. The minimum Gasteiger partial charge on any atom is -0.480 e. The highest BCUT2D eigenvalue weighted by Crippen LogP contribution is 2.44. The SMILES string of the molecule is CC(O)C(NC(=O)c1ccc(CNC(=O)OCC2c3ccccc3-c3ccccc32)cc1)C(=O)O. The van der Waals surface area contributed by atoms with Crippen LogP contribution in [-0.4, -0.2) is 46.9 Å². The summed E-state index contributed by atoms with van der Waals surface area (Å²) in [6.45, 7) is 1.70. The molecule has 2 unspecified atom stereocenters. The molecule has 3 aromatic carbocycles. The molecule has 0 heterocycles. The number of hydrogen-bond donors (Lipinski definition) is 4. The number of carboxylic acid groups (broad SMARTS) is 1. The lowest BCUT2D eigenvalue weighted by molar-refractivity contribution is -0.141. The normalized spacial score (nSPS) is 13.8. The zero-order chi connectivity index (χ0) is 24.9. The molecule has 2 amide bonds. The first kappa shape index (κ1) is 24.0. The van der Waals surface area contributed by atoms with Gasteiger partial charge in [0.2, 0.25) is 0 Å². The molecule has 1 aliphatic carbocycles. The largest absolute Gasteiger partial charge is 0.480 e. The fourth-order valence-corrected chi connectivity index (χ4v) is 4.21. The molecule has 2 atom stereocenters. The van der Waals surface area contributed by atoms with Crippen LogP contribution in [0.2, 0.25) is 0 Å². The van der Waals surface area contributed by atoms with Crippen LogP contribution >= 0.6 is 0 Å². The van der Waals surface area contributed by atoms with E-state index in [4.69, 9.17) is 9.84 Å².